The highest BCUT2D eigenvalue weighted by Gasteiger charge is 2.36. The number of esters is 2. The standard InChI is InChI=1S/C40H63NO9S/c1-8-10-12-16-19-29-51(45,46)30-20-17-14-13-15-18-21-34(35(26-28-47-6)38(43)50-40(3,4)5)37(42)41-36(39(44)48-7)31-32-22-24-33(25-23-32)49-27-11-9-2/h18,21-25,34-36H,8,10,12-17,19-20,26-31H2,1-7H3,(H,41,42)/b21-18+/t34-,35+,36-/m0/s1. The van der Waals surface area contributed by atoms with Crippen molar-refractivity contribution in [3.63, 3.8) is 0 Å². The molecule has 0 saturated heterocycles. The number of carbonyl (C=O) groups is 3. The molecule has 1 aromatic rings. The molecule has 0 fully saturated rings. The van der Waals surface area contributed by atoms with Crippen LogP contribution in [0, 0.1) is 23.7 Å². The van der Waals surface area contributed by atoms with Gasteiger partial charge in [-0.3, -0.25) is 9.59 Å². The summed E-state index contributed by atoms with van der Waals surface area (Å²) in [7, 11) is -0.240. The van der Waals surface area contributed by atoms with Crippen LogP contribution in [0.4, 0.5) is 0 Å². The van der Waals surface area contributed by atoms with Crippen LogP contribution in [0.25, 0.3) is 0 Å². The Morgan fingerprint density at radius 1 is 0.902 bits per heavy atom. The lowest BCUT2D eigenvalue weighted by Crippen LogP contribution is -2.48. The predicted octanol–water partition coefficient (Wildman–Crippen LogP) is 6.79. The third kappa shape index (κ3) is 20.9. The quantitative estimate of drug-likeness (QED) is 0.0473. The molecule has 0 aliphatic carbocycles. The minimum atomic E-state index is -3.03. The molecule has 0 heterocycles. The summed E-state index contributed by atoms with van der Waals surface area (Å²) in [6, 6.07) is 6.14. The molecule has 0 bridgehead atoms. The summed E-state index contributed by atoms with van der Waals surface area (Å²) in [6.45, 7) is 9.66. The van der Waals surface area contributed by atoms with Gasteiger partial charge in [0.25, 0.3) is 0 Å². The maximum absolute atomic E-state index is 14.0. The van der Waals surface area contributed by atoms with Crippen LogP contribution in [-0.4, -0.2) is 76.8 Å². The van der Waals surface area contributed by atoms with Gasteiger partial charge < -0.3 is 24.3 Å². The molecule has 1 rings (SSSR count). The van der Waals surface area contributed by atoms with E-state index in [0.717, 1.165) is 56.9 Å². The summed E-state index contributed by atoms with van der Waals surface area (Å²) in [6.07, 6.45) is 12.7. The van der Waals surface area contributed by atoms with Crippen molar-refractivity contribution < 1.29 is 41.7 Å². The Kier molecular flexibility index (Phi) is 22.9. The molecule has 0 spiro atoms. The molecule has 0 radical (unpaired) electrons. The van der Waals surface area contributed by atoms with E-state index in [1.54, 1.807) is 58.0 Å². The number of nitrogens with one attached hydrogen (secondary N) is 1. The molecule has 51 heavy (non-hydrogen) atoms. The highest BCUT2D eigenvalue weighted by molar-refractivity contribution is 7.91. The van der Waals surface area contributed by atoms with Crippen molar-refractivity contribution in [1.29, 1.82) is 0 Å². The van der Waals surface area contributed by atoms with E-state index in [2.05, 4.69) is 24.1 Å². The van der Waals surface area contributed by atoms with Gasteiger partial charge in [-0.05, 0) is 77.5 Å². The Bertz CT molecular complexity index is 1350. The summed E-state index contributed by atoms with van der Waals surface area (Å²) >= 11 is 0. The lowest BCUT2D eigenvalue weighted by Gasteiger charge is -2.28. The fourth-order valence-corrected chi connectivity index (χ4v) is 6.92. The highest BCUT2D eigenvalue weighted by atomic mass is 32.2. The maximum Gasteiger partial charge on any atom is 0.328 e. The van der Waals surface area contributed by atoms with Crippen LogP contribution in [0.15, 0.2) is 36.4 Å². The van der Waals surface area contributed by atoms with Crippen LogP contribution < -0.4 is 10.1 Å². The topological polar surface area (TPSA) is 134 Å². The van der Waals surface area contributed by atoms with Crippen LogP contribution in [0.1, 0.15) is 111 Å². The van der Waals surface area contributed by atoms with E-state index < -0.39 is 51.2 Å². The van der Waals surface area contributed by atoms with Crippen LogP contribution in [-0.2, 0) is 44.9 Å². The van der Waals surface area contributed by atoms with Crippen molar-refractivity contribution in [2.24, 2.45) is 11.8 Å². The lowest BCUT2D eigenvalue weighted by atomic mass is 9.87. The zero-order valence-corrected chi connectivity index (χ0v) is 32.9. The fourth-order valence-electron chi connectivity index (χ4n) is 5.43. The number of amides is 1. The smallest absolute Gasteiger partial charge is 0.328 e. The molecule has 0 aliphatic rings. The van der Waals surface area contributed by atoms with Gasteiger partial charge in [-0.2, -0.15) is 0 Å². The third-order valence-electron chi connectivity index (χ3n) is 8.21. The molecule has 0 aromatic heterocycles. The Morgan fingerprint density at radius 3 is 2.10 bits per heavy atom. The summed E-state index contributed by atoms with van der Waals surface area (Å²) in [5, 5.41) is 2.83. The highest BCUT2D eigenvalue weighted by Crippen LogP contribution is 2.25. The van der Waals surface area contributed by atoms with Gasteiger partial charge in [0.2, 0.25) is 5.91 Å². The number of ether oxygens (including phenoxy) is 4. The second-order valence-corrected chi connectivity index (χ2v) is 16.1. The van der Waals surface area contributed by atoms with Crippen molar-refractivity contribution in [3.8, 4) is 17.6 Å². The Hall–Kier alpha value is -3.36. The summed E-state index contributed by atoms with van der Waals surface area (Å²) < 4.78 is 46.4. The summed E-state index contributed by atoms with van der Waals surface area (Å²) in [4.78, 5) is 40.3. The van der Waals surface area contributed by atoms with Gasteiger partial charge in [-0.1, -0.05) is 75.7 Å². The molecule has 0 aliphatic heterocycles. The molecule has 10 nitrogen and oxygen atoms in total. The van der Waals surface area contributed by atoms with Crippen molar-refractivity contribution in [3.05, 3.63) is 42.0 Å². The number of hydrogen-bond donors (Lipinski definition) is 1. The zero-order valence-electron chi connectivity index (χ0n) is 32.1. The number of rotatable bonds is 26. The normalized spacial score (nSPS) is 13.5. The molecular formula is C40H63NO9S. The van der Waals surface area contributed by atoms with E-state index in [1.165, 1.54) is 14.2 Å². The van der Waals surface area contributed by atoms with E-state index in [4.69, 9.17) is 18.9 Å². The number of hydrogen-bond acceptors (Lipinski definition) is 9. The second kappa shape index (κ2) is 25.6. The molecule has 1 amide bonds. The largest absolute Gasteiger partial charge is 0.481 e. The first-order valence-corrected chi connectivity index (χ1v) is 20.2. The average Bonchev–Trinajstić information content (AvgIpc) is 3.07. The number of carbonyl (C=O) groups excluding carboxylic acids is 3. The number of allylic oxidation sites excluding steroid dienone is 1. The lowest BCUT2D eigenvalue weighted by molar-refractivity contribution is -0.163. The first kappa shape index (κ1) is 45.7. The van der Waals surface area contributed by atoms with Gasteiger partial charge in [0.1, 0.15) is 33.8 Å². The first-order valence-electron chi connectivity index (χ1n) is 18.3. The second-order valence-electron chi connectivity index (χ2n) is 13.8. The van der Waals surface area contributed by atoms with E-state index in [0.29, 0.717) is 18.6 Å². The molecule has 0 saturated carbocycles. The molecule has 288 valence electrons. The van der Waals surface area contributed by atoms with Gasteiger partial charge >= 0.3 is 11.9 Å². The van der Waals surface area contributed by atoms with Gasteiger partial charge in [-0.25, -0.2) is 13.2 Å². The van der Waals surface area contributed by atoms with E-state index >= 15 is 0 Å². The summed E-state index contributed by atoms with van der Waals surface area (Å²) in [5.41, 5.74) is -0.00184. The number of benzene rings is 1. The molecular weight excluding hydrogens is 671 g/mol. The first-order chi connectivity index (χ1) is 24.3. The minimum Gasteiger partial charge on any atom is -0.481 e. The Morgan fingerprint density at radius 2 is 1.53 bits per heavy atom. The molecule has 1 aromatic carbocycles. The monoisotopic (exact) mass is 733 g/mol. The van der Waals surface area contributed by atoms with Crippen molar-refractivity contribution >= 4 is 27.7 Å². The molecule has 0 unspecified atom stereocenters. The number of sulfone groups is 1. The van der Waals surface area contributed by atoms with Crippen molar-refractivity contribution in [2.45, 2.75) is 123 Å². The fraction of sp³-hybridized carbons (Fsp3) is 0.675. The Labute approximate surface area is 307 Å². The predicted molar refractivity (Wildman–Crippen MR) is 202 cm³/mol. The van der Waals surface area contributed by atoms with E-state index in [-0.39, 0.29) is 37.6 Å². The minimum absolute atomic E-state index is 0.160. The van der Waals surface area contributed by atoms with Gasteiger partial charge in [0, 0.05) is 20.1 Å². The third-order valence-corrected chi connectivity index (χ3v) is 10.0. The number of unbranched alkanes of at least 4 members (excludes halogenated alkanes) is 8. The maximum atomic E-state index is 14.0. The van der Waals surface area contributed by atoms with Crippen molar-refractivity contribution in [1.82, 2.24) is 5.32 Å². The van der Waals surface area contributed by atoms with E-state index in [1.807, 2.05) is 6.08 Å². The molecule has 3 atom stereocenters. The number of methoxy groups -OCH3 is 2. The van der Waals surface area contributed by atoms with Gasteiger partial charge in [0.15, 0.2) is 0 Å². The van der Waals surface area contributed by atoms with Crippen molar-refractivity contribution in [2.75, 3.05) is 38.9 Å². The van der Waals surface area contributed by atoms with Crippen LogP contribution >= 0.6 is 0 Å². The van der Waals surface area contributed by atoms with E-state index in [9.17, 15) is 22.8 Å². The Balaban J connectivity index is 3.02. The SMILES string of the molecule is CC#CCOc1ccc(C[C@H](NC(=O)[C@@H](/C=C/CCCCCCS(=O)(=O)CCCCCCC)[C@@H](CCOC)C(=O)OC(C)(C)C)C(=O)OC)cc1. The van der Waals surface area contributed by atoms with Crippen LogP contribution in [0.2, 0.25) is 0 Å². The zero-order chi connectivity index (χ0) is 38.1. The van der Waals surface area contributed by atoms with Crippen LogP contribution in [0.3, 0.4) is 0 Å². The summed E-state index contributed by atoms with van der Waals surface area (Å²) in [5.74, 6) is 3.24. The van der Waals surface area contributed by atoms with Gasteiger partial charge in [0.05, 0.1) is 30.5 Å². The molecule has 11 heteroatoms. The van der Waals surface area contributed by atoms with Gasteiger partial charge in [-0.15, -0.1) is 5.92 Å². The van der Waals surface area contributed by atoms with Crippen LogP contribution in [0.5, 0.6) is 5.75 Å². The average molecular weight is 734 g/mol. The molecule has 1 N–H and O–H groups in total.